The van der Waals surface area contributed by atoms with Crippen LogP contribution in [0.4, 0.5) is 0 Å². The quantitative estimate of drug-likeness (QED) is 0.883. The number of fused-ring (bicyclic) bond motifs is 1. The van der Waals surface area contributed by atoms with E-state index in [4.69, 9.17) is 16.7 Å². The molecule has 0 radical (unpaired) electrons. The second-order valence-electron chi connectivity index (χ2n) is 2.89. The molecule has 80 valence electrons. The van der Waals surface area contributed by atoms with E-state index < -0.39 is 5.97 Å². The Kier molecular flexibility index (Phi) is 3.55. The number of aliphatic carboxylic acids is 1. The zero-order valence-corrected chi connectivity index (χ0v) is 9.13. The topological polar surface area (TPSA) is 54.6 Å². The zero-order valence-electron chi connectivity index (χ0n) is 7.55. The summed E-state index contributed by atoms with van der Waals surface area (Å²) in [7, 11) is 0. The van der Waals surface area contributed by atoms with E-state index in [1.54, 1.807) is 28.9 Å². The van der Waals surface area contributed by atoms with Gasteiger partial charge in [-0.25, -0.2) is 4.98 Å². The van der Waals surface area contributed by atoms with Crippen molar-refractivity contribution in [2.45, 2.75) is 6.42 Å². The van der Waals surface area contributed by atoms with Gasteiger partial charge in [-0.3, -0.25) is 4.79 Å². The Balaban J connectivity index is 0.00000112. The lowest BCUT2D eigenvalue weighted by molar-refractivity contribution is -0.136. The molecule has 0 bridgehead atoms. The molecule has 1 N–H and O–H groups in total. The van der Waals surface area contributed by atoms with Crippen LogP contribution in [0.3, 0.4) is 0 Å². The first-order valence-electron chi connectivity index (χ1n) is 4.01. The Hall–Kier alpha value is -1.26. The van der Waals surface area contributed by atoms with E-state index in [2.05, 4.69) is 4.98 Å². The normalized spacial score (nSPS) is 9.93. The summed E-state index contributed by atoms with van der Waals surface area (Å²) < 4.78 is 1.71. The number of carboxylic acid groups (broad SMARTS) is 1. The van der Waals surface area contributed by atoms with Crippen LogP contribution >= 0.6 is 24.0 Å². The van der Waals surface area contributed by atoms with Crippen molar-refractivity contribution in [1.29, 1.82) is 0 Å². The van der Waals surface area contributed by atoms with Crippen molar-refractivity contribution in [3.8, 4) is 0 Å². The van der Waals surface area contributed by atoms with Crippen LogP contribution in [-0.2, 0) is 11.2 Å². The molecule has 0 amide bonds. The molecule has 0 unspecified atom stereocenters. The lowest BCUT2D eigenvalue weighted by Crippen LogP contribution is -1.99. The molecule has 0 fully saturated rings. The smallest absolute Gasteiger partial charge is 0.309 e. The third-order valence-electron chi connectivity index (χ3n) is 1.82. The van der Waals surface area contributed by atoms with Gasteiger partial charge >= 0.3 is 5.97 Å². The fraction of sp³-hybridized carbons (Fsp3) is 0.111. The van der Waals surface area contributed by atoms with Gasteiger partial charge in [0.25, 0.3) is 0 Å². The van der Waals surface area contributed by atoms with E-state index in [1.807, 2.05) is 0 Å². The Bertz CT molecular complexity index is 496. The summed E-state index contributed by atoms with van der Waals surface area (Å²) in [6, 6.07) is 3.50. The van der Waals surface area contributed by atoms with Gasteiger partial charge in [0.2, 0.25) is 0 Å². The van der Waals surface area contributed by atoms with Gasteiger partial charge in [0.15, 0.2) is 5.65 Å². The molecule has 0 aliphatic carbocycles. The van der Waals surface area contributed by atoms with Crippen molar-refractivity contribution in [2.24, 2.45) is 0 Å². The van der Waals surface area contributed by atoms with Crippen LogP contribution in [0.1, 0.15) is 5.69 Å². The summed E-state index contributed by atoms with van der Waals surface area (Å²) >= 11 is 5.88. The van der Waals surface area contributed by atoms with Crippen molar-refractivity contribution in [1.82, 2.24) is 9.38 Å². The first kappa shape index (κ1) is 11.8. The SMILES string of the molecule is Cl.O=C(O)Cc1cn2cccc(Cl)c2n1. The van der Waals surface area contributed by atoms with Crippen molar-refractivity contribution in [3.05, 3.63) is 35.2 Å². The first-order valence-corrected chi connectivity index (χ1v) is 4.38. The molecule has 0 aliphatic rings. The summed E-state index contributed by atoms with van der Waals surface area (Å²) in [4.78, 5) is 14.6. The number of halogens is 2. The molecule has 15 heavy (non-hydrogen) atoms. The third-order valence-corrected chi connectivity index (χ3v) is 2.11. The number of carbonyl (C=O) groups is 1. The first-order chi connectivity index (χ1) is 6.66. The van der Waals surface area contributed by atoms with Gasteiger partial charge in [0.05, 0.1) is 17.1 Å². The largest absolute Gasteiger partial charge is 0.481 e. The minimum absolute atomic E-state index is 0. The van der Waals surface area contributed by atoms with Crippen molar-refractivity contribution < 1.29 is 9.90 Å². The van der Waals surface area contributed by atoms with Crippen molar-refractivity contribution in [2.75, 3.05) is 0 Å². The molecular formula is C9H8Cl2N2O2. The summed E-state index contributed by atoms with van der Waals surface area (Å²) in [5, 5.41) is 9.10. The van der Waals surface area contributed by atoms with Crippen LogP contribution in [0.25, 0.3) is 5.65 Å². The van der Waals surface area contributed by atoms with E-state index in [0.29, 0.717) is 16.4 Å². The molecule has 6 heteroatoms. The molecule has 2 aromatic heterocycles. The van der Waals surface area contributed by atoms with Crippen LogP contribution in [-0.4, -0.2) is 20.5 Å². The van der Waals surface area contributed by atoms with Crippen LogP contribution in [0.15, 0.2) is 24.5 Å². The van der Waals surface area contributed by atoms with Gasteiger partial charge in [-0.05, 0) is 12.1 Å². The summed E-state index contributed by atoms with van der Waals surface area (Å²) in [5.41, 5.74) is 1.09. The summed E-state index contributed by atoms with van der Waals surface area (Å²) in [6.45, 7) is 0. The molecule has 0 spiro atoms. The van der Waals surface area contributed by atoms with Crippen LogP contribution in [0.5, 0.6) is 0 Å². The van der Waals surface area contributed by atoms with Crippen LogP contribution in [0.2, 0.25) is 5.02 Å². The lowest BCUT2D eigenvalue weighted by atomic mass is 10.3. The van der Waals surface area contributed by atoms with Gasteiger partial charge in [-0.1, -0.05) is 11.6 Å². The Morgan fingerprint density at radius 3 is 2.93 bits per heavy atom. The Labute approximate surface area is 96.9 Å². The highest BCUT2D eigenvalue weighted by atomic mass is 35.5. The monoisotopic (exact) mass is 246 g/mol. The van der Waals surface area contributed by atoms with E-state index in [0.717, 1.165) is 0 Å². The summed E-state index contributed by atoms with van der Waals surface area (Å²) in [5.74, 6) is -0.899. The molecule has 0 aliphatic heterocycles. The Morgan fingerprint density at radius 1 is 1.60 bits per heavy atom. The summed E-state index contributed by atoms with van der Waals surface area (Å²) in [6.07, 6.45) is 3.35. The molecular weight excluding hydrogens is 239 g/mol. The van der Waals surface area contributed by atoms with Gasteiger partial charge in [-0.15, -0.1) is 12.4 Å². The second kappa shape index (κ2) is 4.51. The van der Waals surface area contributed by atoms with Crippen molar-refractivity contribution >= 4 is 35.6 Å². The average Bonchev–Trinajstić information content (AvgIpc) is 2.47. The molecule has 0 saturated carbocycles. The maximum Gasteiger partial charge on any atom is 0.309 e. The highest BCUT2D eigenvalue weighted by Crippen LogP contribution is 2.16. The van der Waals surface area contributed by atoms with E-state index in [1.165, 1.54) is 0 Å². The molecule has 2 heterocycles. The third kappa shape index (κ3) is 2.40. The fourth-order valence-electron chi connectivity index (χ4n) is 1.27. The minimum Gasteiger partial charge on any atom is -0.481 e. The number of imidazole rings is 1. The van der Waals surface area contributed by atoms with Crippen molar-refractivity contribution in [3.63, 3.8) is 0 Å². The number of hydrogen-bond acceptors (Lipinski definition) is 2. The van der Waals surface area contributed by atoms with E-state index >= 15 is 0 Å². The zero-order chi connectivity index (χ0) is 10.1. The van der Waals surface area contributed by atoms with Gasteiger partial charge in [-0.2, -0.15) is 0 Å². The lowest BCUT2D eigenvalue weighted by Gasteiger charge is -1.92. The van der Waals surface area contributed by atoms with Crippen LogP contribution in [0, 0.1) is 0 Å². The maximum absolute atomic E-state index is 10.4. The number of hydrogen-bond donors (Lipinski definition) is 1. The van der Waals surface area contributed by atoms with Crippen LogP contribution < -0.4 is 0 Å². The molecule has 0 saturated heterocycles. The fourth-order valence-corrected chi connectivity index (χ4v) is 1.48. The van der Waals surface area contributed by atoms with E-state index in [9.17, 15) is 4.79 Å². The second-order valence-corrected chi connectivity index (χ2v) is 3.30. The van der Waals surface area contributed by atoms with Gasteiger partial charge in [0, 0.05) is 12.4 Å². The average molecular weight is 247 g/mol. The van der Waals surface area contributed by atoms with E-state index in [-0.39, 0.29) is 18.8 Å². The number of carboxylic acids is 1. The van der Waals surface area contributed by atoms with Gasteiger partial charge < -0.3 is 9.51 Å². The Morgan fingerprint density at radius 2 is 2.33 bits per heavy atom. The number of rotatable bonds is 2. The highest BCUT2D eigenvalue weighted by molar-refractivity contribution is 6.33. The minimum atomic E-state index is -0.899. The number of aromatic nitrogens is 2. The maximum atomic E-state index is 10.4. The molecule has 0 aromatic carbocycles. The standard InChI is InChI=1S/C9H7ClN2O2.ClH/c10-7-2-1-3-12-5-6(4-8(13)14)11-9(7)12;/h1-3,5H,4H2,(H,13,14);1H. The predicted octanol–water partition coefficient (Wildman–Crippen LogP) is 2.04. The molecule has 4 nitrogen and oxygen atoms in total. The molecule has 0 atom stereocenters. The number of nitrogens with zero attached hydrogens (tertiary/aromatic N) is 2. The highest BCUT2D eigenvalue weighted by Gasteiger charge is 2.07. The van der Waals surface area contributed by atoms with Gasteiger partial charge in [0.1, 0.15) is 0 Å². The molecule has 2 aromatic rings. The predicted molar refractivity (Wildman–Crippen MR) is 58.8 cm³/mol. The number of pyridine rings is 1. The molecule has 2 rings (SSSR count).